The molecule has 0 spiro atoms. The minimum Gasteiger partial charge on any atom is -0.375 e. The summed E-state index contributed by atoms with van der Waals surface area (Å²) in [6.07, 6.45) is 2.34. The van der Waals surface area contributed by atoms with E-state index in [2.05, 4.69) is 17.9 Å². The standard InChI is InChI=1S/C12H15ClN2/c1-3-4-7-15(2)11-6-5-10(9-14)12(13)8-11/h5-6,8H,3-4,7H2,1-2H3. The van der Waals surface area contributed by atoms with Gasteiger partial charge >= 0.3 is 0 Å². The molecule has 0 unspecified atom stereocenters. The molecule has 0 N–H and O–H groups in total. The van der Waals surface area contributed by atoms with Gasteiger partial charge in [-0.3, -0.25) is 0 Å². The maximum Gasteiger partial charge on any atom is 0.101 e. The van der Waals surface area contributed by atoms with Crippen LogP contribution in [0.4, 0.5) is 5.69 Å². The van der Waals surface area contributed by atoms with Crippen molar-refractivity contribution in [3.8, 4) is 6.07 Å². The van der Waals surface area contributed by atoms with Crippen molar-refractivity contribution < 1.29 is 0 Å². The second kappa shape index (κ2) is 5.63. The van der Waals surface area contributed by atoms with E-state index in [1.165, 1.54) is 6.42 Å². The van der Waals surface area contributed by atoms with Crippen molar-refractivity contribution in [3.63, 3.8) is 0 Å². The summed E-state index contributed by atoms with van der Waals surface area (Å²) in [6, 6.07) is 7.59. The Morgan fingerprint density at radius 3 is 2.73 bits per heavy atom. The Kier molecular flexibility index (Phi) is 4.45. The van der Waals surface area contributed by atoms with Crippen molar-refractivity contribution in [2.45, 2.75) is 19.8 Å². The topological polar surface area (TPSA) is 27.0 Å². The number of nitrogens with zero attached hydrogens (tertiary/aromatic N) is 2. The third-order valence-corrected chi connectivity index (χ3v) is 2.67. The molecular weight excluding hydrogens is 208 g/mol. The maximum atomic E-state index is 8.74. The molecule has 1 aromatic carbocycles. The summed E-state index contributed by atoms with van der Waals surface area (Å²) in [7, 11) is 2.04. The first-order chi connectivity index (χ1) is 7.19. The average molecular weight is 223 g/mol. The van der Waals surface area contributed by atoms with Gasteiger partial charge < -0.3 is 4.90 Å². The Morgan fingerprint density at radius 1 is 1.47 bits per heavy atom. The lowest BCUT2D eigenvalue weighted by Crippen LogP contribution is -2.18. The lowest BCUT2D eigenvalue weighted by molar-refractivity contribution is 0.767. The molecule has 0 radical (unpaired) electrons. The van der Waals surface area contributed by atoms with Crippen LogP contribution < -0.4 is 4.90 Å². The van der Waals surface area contributed by atoms with Gasteiger partial charge in [0.15, 0.2) is 0 Å². The van der Waals surface area contributed by atoms with Crippen LogP contribution in [-0.2, 0) is 0 Å². The SMILES string of the molecule is CCCCN(C)c1ccc(C#N)c(Cl)c1. The molecule has 0 fully saturated rings. The second-order valence-corrected chi connectivity index (χ2v) is 3.96. The smallest absolute Gasteiger partial charge is 0.101 e. The molecule has 0 heterocycles. The minimum absolute atomic E-state index is 0.526. The molecule has 0 bridgehead atoms. The van der Waals surface area contributed by atoms with Crippen molar-refractivity contribution >= 4 is 17.3 Å². The van der Waals surface area contributed by atoms with Crippen LogP contribution in [0.25, 0.3) is 0 Å². The summed E-state index contributed by atoms with van der Waals surface area (Å²) in [5.41, 5.74) is 1.59. The second-order valence-electron chi connectivity index (χ2n) is 3.55. The summed E-state index contributed by atoms with van der Waals surface area (Å²) >= 11 is 5.96. The van der Waals surface area contributed by atoms with Crippen LogP contribution in [0.1, 0.15) is 25.3 Å². The van der Waals surface area contributed by atoms with E-state index in [0.29, 0.717) is 10.6 Å². The van der Waals surface area contributed by atoms with E-state index in [9.17, 15) is 0 Å². The predicted molar refractivity (Wildman–Crippen MR) is 64.3 cm³/mol. The highest BCUT2D eigenvalue weighted by Gasteiger charge is 2.04. The molecule has 0 aliphatic rings. The molecule has 0 atom stereocenters. The van der Waals surface area contributed by atoms with Crippen LogP contribution in [0.2, 0.25) is 5.02 Å². The Labute approximate surface area is 96.1 Å². The van der Waals surface area contributed by atoms with Gasteiger partial charge in [0, 0.05) is 19.3 Å². The van der Waals surface area contributed by atoms with Crippen LogP contribution in [-0.4, -0.2) is 13.6 Å². The summed E-state index contributed by atoms with van der Waals surface area (Å²) < 4.78 is 0. The van der Waals surface area contributed by atoms with Gasteiger partial charge in [0.25, 0.3) is 0 Å². The van der Waals surface area contributed by atoms with E-state index < -0.39 is 0 Å². The Balaban J connectivity index is 2.79. The van der Waals surface area contributed by atoms with Crippen molar-refractivity contribution in [2.75, 3.05) is 18.5 Å². The number of unbranched alkanes of at least 4 members (excludes halogenated alkanes) is 1. The number of anilines is 1. The largest absolute Gasteiger partial charge is 0.375 e. The fourth-order valence-corrected chi connectivity index (χ4v) is 1.57. The number of benzene rings is 1. The fraction of sp³-hybridized carbons (Fsp3) is 0.417. The number of hydrogen-bond donors (Lipinski definition) is 0. The van der Waals surface area contributed by atoms with Gasteiger partial charge in [0.2, 0.25) is 0 Å². The van der Waals surface area contributed by atoms with Crippen molar-refractivity contribution in [3.05, 3.63) is 28.8 Å². The normalized spacial score (nSPS) is 9.73. The molecule has 0 aliphatic carbocycles. The quantitative estimate of drug-likeness (QED) is 0.780. The highest BCUT2D eigenvalue weighted by atomic mass is 35.5. The van der Waals surface area contributed by atoms with Crippen LogP contribution in [0.3, 0.4) is 0 Å². The van der Waals surface area contributed by atoms with Crippen LogP contribution in [0.15, 0.2) is 18.2 Å². The predicted octanol–water partition coefficient (Wildman–Crippen LogP) is 3.45. The highest BCUT2D eigenvalue weighted by molar-refractivity contribution is 6.32. The molecule has 0 aliphatic heterocycles. The molecule has 0 saturated heterocycles. The molecule has 15 heavy (non-hydrogen) atoms. The third kappa shape index (κ3) is 3.14. The molecule has 0 saturated carbocycles. The van der Waals surface area contributed by atoms with Gasteiger partial charge in [0.05, 0.1) is 10.6 Å². The van der Waals surface area contributed by atoms with Crippen molar-refractivity contribution in [1.29, 1.82) is 5.26 Å². The third-order valence-electron chi connectivity index (χ3n) is 2.36. The van der Waals surface area contributed by atoms with E-state index in [4.69, 9.17) is 16.9 Å². The first kappa shape index (κ1) is 11.9. The first-order valence-corrected chi connectivity index (χ1v) is 5.47. The van der Waals surface area contributed by atoms with Gasteiger partial charge in [-0.2, -0.15) is 5.26 Å². The molecule has 3 heteroatoms. The zero-order chi connectivity index (χ0) is 11.3. The van der Waals surface area contributed by atoms with E-state index in [0.717, 1.165) is 18.7 Å². The zero-order valence-electron chi connectivity index (χ0n) is 9.13. The fourth-order valence-electron chi connectivity index (χ4n) is 1.36. The Hall–Kier alpha value is -1.20. The van der Waals surface area contributed by atoms with Crippen LogP contribution in [0.5, 0.6) is 0 Å². The summed E-state index contributed by atoms with van der Waals surface area (Å²) in [5, 5.41) is 9.27. The Bertz CT molecular complexity index is 368. The van der Waals surface area contributed by atoms with Crippen LogP contribution in [0, 0.1) is 11.3 Å². The maximum absolute atomic E-state index is 8.74. The van der Waals surface area contributed by atoms with Gasteiger partial charge in [-0.25, -0.2) is 0 Å². The molecular formula is C12H15ClN2. The number of hydrogen-bond acceptors (Lipinski definition) is 2. The molecule has 80 valence electrons. The molecule has 1 aromatic rings. The van der Waals surface area contributed by atoms with Gasteiger partial charge in [-0.15, -0.1) is 0 Å². The zero-order valence-corrected chi connectivity index (χ0v) is 9.88. The van der Waals surface area contributed by atoms with E-state index in [1.54, 1.807) is 6.07 Å². The monoisotopic (exact) mass is 222 g/mol. The van der Waals surface area contributed by atoms with E-state index in [-0.39, 0.29) is 0 Å². The van der Waals surface area contributed by atoms with Gasteiger partial charge in [0.1, 0.15) is 6.07 Å². The minimum atomic E-state index is 0.526. The molecule has 2 nitrogen and oxygen atoms in total. The van der Waals surface area contributed by atoms with Crippen molar-refractivity contribution in [1.82, 2.24) is 0 Å². The van der Waals surface area contributed by atoms with Crippen molar-refractivity contribution in [2.24, 2.45) is 0 Å². The number of nitriles is 1. The average Bonchev–Trinajstić information content (AvgIpc) is 2.25. The van der Waals surface area contributed by atoms with E-state index >= 15 is 0 Å². The van der Waals surface area contributed by atoms with Crippen LogP contribution >= 0.6 is 11.6 Å². The molecule has 0 amide bonds. The molecule has 1 rings (SSSR count). The Morgan fingerprint density at radius 2 is 2.20 bits per heavy atom. The highest BCUT2D eigenvalue weighted by Crippen LogP contribution is 2.22. The lowest BCUT2D eigenvalue weighted by atomic mass is 10.2. The van der Waals surface area contributed by atoms with E-state index in [1.807, 2.05) is 19.2 Å². The summed E-state index contributed by atoms with van der Waals surface area (Å²) in [4.78, 5) is 2.15. The lowest BCUT2D eigenvalue weighted by Gasteiger charge is -2.19. The number of rotatable bonds is 4. The van der Waals surface area contributed by atoms with Gasteiger partial charge in [-0.1, -0.05) is 24.9 Å². The molecule has 0 aromatic heterocycles. The number of halogens is 1. The van der Waals surface area contributed by atoms with Gasteiger partial charge in [-0.05, 0) is 24.6 Å². The summed E-state index contributed by atoms with van der Waals surface area (Å²) in [5.74, 6) is 0. The summed E-state index contributed by atoms with van der Waals surface area (Å²) in [6.45, 7) is 3.18. The first-order valence-electron chi connectivity index (χ1n) is 5.09.